The largest absolute Gasteiger partial charge is 0.481 e. The van der Waals surface area contributed by atoms with Crippen molar-refractivity contribution in [2.24, 2.45) is 5.92 Å². The first kappa shape index (κ1) is 13.9. The number of aliphatic hydroxyl groups excluding tert-OH is 1. The third-order valence-electron chi connectivity index (χ3n) is 3.33. The van der Waals surface area contributed by atoms with E-state index in [2.05, 4.69) is 5.32 Å². The summed E-state index contributed by atoms with van der Waals surface area (Å²) in [5, 5.41) is 12.5. The number of rotatable bonds is 7. The highest BCUT2D eigenvalue weighted by Crippen LogP contribution is 2.33. The second kappa shape index (κ2) is 6.57. The van der Waals surface area contributed by atoms with Crippen molar-refractivity contribution in [3.8, 4) is 5.75 Å². The lowest BCUT2D eigenvalue weighted by atomic mass is 10.1. The molecule has 104 valence electrons. The summed E-state index contributed by atoms with van der Waals surface area (Å²) in [7, 11) is 0. The van der Waals surface area contributed by atoms with E-state index in [1.165, 1.54) is 0 Å². The third kappa shape index (κ3) is 4.56. The molecule has 0 aliphatic heterocycles. The number of carbonyl (C=O) groups is 1. The van der Waals surface area contributed by atoms with Gasteiger partial charge in [0.05, 0.1) is 6.10 Å². The second-order valence-electron chi connectivity index (χ2n) is 5.06. The van der Waals surface area contributed by atoms with Crippen LogP contribution in [-0.4, -0.2) is 29.8 Å². The van der Waals surface area contributed by atoms with E-state index in [1.54, 1.807) is 6.92 Å². The van der Waals surface area contributed by atoms with Gasteiger partial charge in [-0.05, 0) is 44.2 Å². The van der Waals surface area contributed by atoms with Crippen molar-refractivity contribution in [2.75, 3.05) is 6.54 Å². The van der Waals surface area contributed by atoms with Gasteiger partial charge in [-0.25, -0.2) is 0 Å². The SMILES string of the molecule is C[C@@H](Oc1ccccc1)C(=O)NCC[C@H](O)C1CC1. The van der Waals surface area contributed by atoms with Gasteiger partial charge in [0.15, 0.2) is 6.10 Å². The second-order valence-corrected chi connectivity index (χ2v) is 5.06. The van der Waals surface area contributed by atoms with Gasteiger partial charge in [0.2, 0.25) is 0 Å². The molecule has 4 heteroatoms. The Morgan fingerprint density at radius 1 is 1.42 bits per heavy atom. The number of nitrogens with one attached hydrogen (secondary N) is 1. The van der Waals surface area contributed by atoms with Gasteiger partial charge in [-0.3, -0.25) is 4.79 Å². The molecule has 2 N–H and O–H groups in total. The summed E-state index contributed by atoms with van der Waals surface area (Å²) in [5.74, 6) is 0.991. The summed E-state index contributed by atoms with van der Waals surface area (Å²) < 4.78 is 5.52. The standard InChI is InChI=1S/C15H21NO3/c1-11(19-13-5-3-2-4-6-13)15(18)16-10-9-14(17)12-7-8-12/h2-6,11-12,14,17H,7-10H2,1H3,(H,16,18)/t11-,14+/m1/s1. The zero-order chi connectivity index (χ0) is 13.7. The third-order valence-corrected chi connectivity index (χ3v) is 3.33. The van der Waals surface area contributed by atoms with Crippen LogP contribution in [0.3, 0.4) is 0 Å². The molecule has 0 unspecified atom stereocenters. The van der Waals surface area contributed by atoms with E-state index in [1.807, 2.05) is 30.3 Å². The summed E-state index contributed by atoms with van der Waals surface area (Å²) in [6.45, 7) is 2.22. The summed E-state index contributed by atoms with van der Waals surface area (Å²) in [6, 6.07) is 9.27. The Morgan fingerprint density at radius 3 is 2.74 bits per heavy atom. The molecule has 0 bridgehead atoms. The minimum absolute atomic E-state index is 0.146. The van der Waals surface area contributed by atoms with E-state index >= 15 is 0 Å². The Bertz CT molecular complexity index is 403. The van der Waals surface area contributed by atoms with E-state index in [0.717, 1.165) is 12.8 Å². The first-order valence-electron chi connectivity index (χ1n) is 6.84. The van der Waals surface area contributed by atoms with E-state index in [-0.39, 0.29) is 12.0 Å². The molecular weight excluding hydrogens is 242 g/mol. The number of para-hydroxylation sites is 1. The lowest BCUT2D eigenvalue weighted by Gasteiger charge is -2.15. The number of hydrogen-bond acceptors (Lipinski definition) is 3. The highest BCUT2D eigenvalue weighted by atomic mass is 16.5. The van der Waals surface area contributed by atoms with Gasteiger partial charge in [-0.15, -0.1) is 0 Å². The van der Waals surface area contributed by atoms with Gasteiger partial charge < -0.3 is 15.2 Å². The molecule has 1 saturated carbocycles. The van der Waals surface area contributed by atoms with Crippen molar-refractivity contribution in [3.63, 3.8) is 0 Å². The fourth-order valence-electron chi connectivity index (χ4n) is 1.96. The molecule has 0 radical (unpaired) electrons. The molecule has 1 aliphatic rings. The van der Waals surface area contributed by atoms with Crippen LogP contribution in [0, 0.1) is 5.92 Å². The molecule has 1 amide bonds. The molecule has 19 heavy (non-hydrogen) atoms. The van der Waals surface area contributed by atoms with Crippen LogP contribution in [0.2, 0.25) is 0 Å². The topological polar surface area (TPSA) is 58.6 Å². The maximum Gasteiger partial charge on any atom is 0.260 e. The minimum atomic E-state index is -0.527. The van der Waals surface area contributed by atoms with Crippen LogP contribution in [0.1, 0.15) is 26.2 Å². The highest BCUT2D eigenvalue weighted by Gasteiger charge is 2.29. The van der Waals surface area contributed by atoms with Gasteiger partial charge in [0, 0.05) is 6.54 Å². The number of aliphatic hydroxyl groups is 1. The van der Waals surface area contributed by atoms with Crippen LogP contribution in [-0.2, 0) is 4.79 Å². The molecule has 1 aliphatic carbocycles. The molecule has 1 aromatic rings. The Kier molecular flexibility index (Phi) is 4.80. The fraction of sp³-hybridized carbons (Fsp3) is 0.533. The zero-order valence-electron chi connectivity index (χ0n) is 11.2. The number of carbonyl (C=O) groups excluding carboxylic acids is 1. The Balaban J connectivity index is 1.67. The smallest absolute Gasteiger partial charge is 0.260 e. The van der Waals surface area contributed by atoms with Gasteiger partial charge in [0.1, 0.15) is 5.75 Å². The number of hydrogen-bond donors (Lipinski definition) is 2. The number of ether oxygens (including phenoxy) is 1. The molecule has 1 fully saturated rings. The van der Waals surface area contributed by atoms with E-state index in [0.29, 0.717) is 24.6 Å². The summed E-state index contributed by atoms with van der Waals surface area (Å²) >= 11 is 0. The molecule has 0 saturated heterocycles. The van der Waals surface area contributed by atoms with Crippen LogP contribution >= 0.6 is 0 Å². The normalized spacial score (nSPS) is 17.6. The average molecular weight is 263 g/mol. The fourth-order valence-corrected chi connectivity index (χ4v) is 1.96. The average Bonchev–Trinajstić information content (AvgIpc) is 3.24. The minimum Gasteiger partial charge on any atom is -0.481 e. The summed E-state index contributed by atoms with van der Waals surface area (Å²) in [5.41, 5.74) is 0. The molecule has 1 aromatic carbocycles. The predicted octanol–water partition coefficient (Wildman–Crippen LogP) is 1.73. The Morgan fingerprint density at radius 2 is 2.11 bits per heavy atom. The quantitative estimate of drug-likeness (QED) is 0.787. The molecule has 4 nitrogen and oxygen atoms in total. The predicted molar refractivity (Wildman–Crippen MR) is 72.9 cm³/mol. The zero-order valence-corrected chi connectivity index (χ0v) is 11.2. The maximum absolute atomic E-state index is 11.8. The lowest BCUT2D eigenvalue weighted by Crippen LogP contribution is -2.37. The van der Waals surface area contributed by atoms with Gasteiger partial charge in [-0.2, -0.15) is 0 Å². The van der Waals surface area contributed by atoms with E-state index < -0.39 is 6.10 Å². The molecular formula is C15H21NO3. The number of amides is 1. The molecule has 0 spiro atoms. The summed E-state index contributed by atoms with van der Waals surface area (Å²) in [4.78, 5) is 11.8. The van der Waals surface area contributed by atoms with Gasteiger partial charge in [0.25, 0.3) is 5.91 Å². The first-order valence-corrected chi connectivity index (χ1v) is 6.84. The van der Waals surface area contributed by atoms with Crippen LogP contribution in [0.25, 0.3) is 0 Å². The Labute approximate surface area is 113 Å². The van der Waals surface area contributed by atoms with Gasteiger partial charge in [-0.1, -0.05) is 18.2 Å². The van der Waals surface area contributed by atoms with Crippen LogP contribution in [0.5, 0.6) is 5.75 Å². The van der Waals surface area contributed by atoms with E-state index in [9.17, 15) is 9.90 Å². The molecule has 0 aromatic heterocycles. The van der Waals surface area contributed by atoms with Crippen molar-refractivity contribution in [2.45, 2.75) is 38.4 Å². The first-order chi connectivity index (χ1) is 9.16. The van der Waals surface area contributed by atoms with Gasteiger partial charge >= 0.3 is 0 Å². The Hall–Kier alpha value is -1.55. The van der Waals surface area contributed by atoms with Crippen LogP contribution in [0.4, 0.5) is 0 Å². The van der Waals surface area contributed by atoms with Crippen molar-refractivity contribution >= 4 is 5.91 Å². The highest BCUT2D eigenvalue weighted by molar-refractivity contribution is 5.80. The van der Waals surface area contributed by atoms with Crippen molar-refractivity contribution < 1.29 is 14.6 Å². The van der Waals surface area contributed by atoms with E-state index in [4.69, 9.17) is 4.74 Å². The van der Waals surface area contributed by atoms with Crippen molar-refractivity contribution in [1.82, 2.24) is 5.32 Å². The monoisotopic (exact) mass is 263 g/mol. The van der Waals surface area contributed by atoms with Crippen LogP contribution in [0.15, 0.2) is 30.3 Å². The van der Waals surface area contributed by atoms with Crippen molar-refractivity contribution in [1.29, 1.82) is 0 Å². The lowest BCUT2D eigenvalue weighted by molar-refractivity contribution is -0.127. The maximum atomic E-state index is 11.8. The molecule has 2 atom stereocenters. The molecule has 0 heterocycles. The number of benzene rings is 1. The van der Waals surface area contributed by atoms with Crippen molar-refractivity contribution in [3.05, 3.63) is 30.3 Å². The summed E-state index contributed by atoms with van der Waals surface area (Å²) in [6.07, 6.45) is 2.05. The van der Waals surface area contributed by atoms with Crippen LogP contribution < -0.4 is 10.1 Å². The molecule has 2 rings (SSSR count).